The fourth-order valence-corrected chi connectivity index (χ4v) is 2.80. The Morgan fingerprint density at radius 1 is 0.964 bits per heavy atom. The molecular weight excluding hydrogens is 370 g/mol. The normalized spacial score (nSPS) is 10.6. The number of hydrogen-bond donors (Lipinski definition) is 0. The number of hydrogen-bond acceptors (Lipinski definition) is 5. The maximum atomic E-state index is 14.8. The van der Waals surface area contributed by atoms with Gasteiger partial charge in [-0.15, -0.1) is 0 Å². The van der Waals surface area contributed by atoms with E-state index in [0.29, 0.717) is 5.69 Å². The van der Waals surface area contributed by atoms with Gasteiger partial charge in [0.2, 0.25) is 0 Å². The van der Waals surface area contributed by atoms with Gasteiger partial charge in [0.1, 0.15) is 22.9 Å². The molecule has 0 spiro atoms. The molecule has 0 saturated heterocycles. The first-order valence-corrected chi connectivity index (χ1v) is 8.20. The molecular formula is C20H16F2N2O4. The van der Waals surface area contributed by atoms with Gasteiger partial charge in [0.05, 0.1) is 25.5 Å². The van der Waals surface area contributed by atoms with Crippen molar-refractivity contribution in [2.75, 3.05) is 14.2 Å². The van der Waals surface area contributed by atoms with Gasteiger partial charge in [-0.25, -0.2) is 23.1 Å². The number of carbonyl (C=O) groups is 2. The van der Waals surface area contributed by atoms with Crippen LogP contribution in [0.5, 0.6) is 0 Å². The van der Waals surface area contributed by atoms with E-state index in [1.807, 2.05) is 0 Å². The average Bonchev–Trinajstić information content (AvgIpc) is 3.10. The minimum absolute atomic E-state index is 0.154. The summed E-state index contributed by atoms with van der Waals surface area (Å²) >= 11 is 0. The Balaban J connectivity index is 2.45. The molecule has 0 amide bonds. The highest BCUT2D eigenvalue weighted by Gasteiger charge is 2.33. The Kier molecular flexibility index (Phi) is 5.21. The molecule has 0 aliphatic carbocycles. The molecule has 0 radical (unpaired) electrons. The van der Waals surface area contributed by atoms with Crippen molar-refractivity contribution in [3.63, 3.8) is 0 Å². The van der Waals surface area contributed by atoms with E-state index in [2.05, 4.69) is 5.10 Å². The van der Waals surface area contributed by atoms with Crippen molar-refractivity contribution in [1.82, 2.24) is 9.78 Å². The minimum Gasteiger partial charge on any atom is -0.465 e. The van der Waals surface area contributed by atoms with Crippen LogP contribution in [-0.4, -0.2) is 35.9 Å². The van der Waals surface area contributed by atoms with Gasteiger partial charge >= 0.3 is 11.9 Å². The van der Waals surface area contributed by atoms with Gasteiger partial charge in [-0.3, -0.25) is 0 Å². The van der Waals surface area contributed by atoms with E-state index in [4.69, 9.17) is 9.47 Å². The summed E-state index contributed by atoms with van der Waals surface area (Å²) in [6, 6.07) is 10.7. The Bertz CT molecular complexity index is 1060. The van der Waals surface area contributed by atoms with E-state index in [1.165, 1.54) is 13.0 Å². The first-order chi connectivity index (χ1) is 13.4. The second kappa shape index (κ2) is 7.59. The van der Waals surface area contributed by atoms with E-state index < -0.39 is 29.1 Å². The number of esters is 2. The molecule has 0 aliphatic heterocycles. The summed E-state index contributed by atoms with van der Waals surface area (Å²) in [5.74, 6) is -3.70. The molecule has 6 nitrogen and oxygen atoms in total. The van der Waals surface area contributed by atoms with Crippen molar-refractivity contribution in [3.05, 3.63) is 70.9 Å². The highest BCUT2D eigenvalue weighted by Crippen LogP contribution is 2.33. The summed E-state index contributed by atoms with van der Waals surface area (Å²) in [7, 11) is 2.22. The van der Waals surface area contributed by atoms with Gasteiger partial charge < -0.3 is 9.47 Å². The Labute approximate surface area is 159 Å². The van der Waals surface area contributed by atoms with Gasteiger partial charge in [0.15, 0.2) is 5.69 Å². The summed E-state index contributed by atoms with van der Waals surface area (Å²) in [5, 5.41) is 4.19. The van der Waals surface area contributed by atoms with Crippen molar-refractivity contribution >= 4 is 11.9 Å². The van der Waals surface area contributed by atoms with Crippen molar-refractivity contribution in [3.8, 4) is 16.9 Å². The number of aryl methyl sites for hydroxylation is 1. The number of nitrogens with zero attached hydrogens (tertiary/aromatic N) is 2. The lowest BCUT2D eigenvalue weighted by atomic mass is 10.0. The summed E-state index contributed by atoms with van der Waals surface area (Å²) in [6.45, 7) is 1.45. The zero-order valence-corrected chi connectivity index (χ0v) is 15.3. The van der Waals surface area contributed by atoms with Gasteiger partial charge in [0, 0.05) is 0 Å². The standard InChI is InChI=1S/C20H16F2N2O4/c1-11-9-10-13(21)14(16(11)22)17-15(19(25)27-2)18(20(26)28-3)24(23-17)12-7-5-4-6-8-12/h4-10H,1-3H3. The number of rotatable bonds is 4. The summed E-state index contributed by atoms with van der Waals surface area (Å²) in [6.07, 6.45) is 0. The largest absolute Gasteiger partial charge is 0.465 e. The molecule has 8 heteroatoms. The van der Waals surface area contributed by atoms with E-state index in [-0.39, 0.29) is 22.5 Å². The van der Waals surface area contributed by atoms with Gasteiger partial charge in [-0.2, -0.15) is 5.10 Å². The first kappa shape index (κ1) is 19.2. The second-order valence-corrected chi connectivity index (χ2v) is 5.86. The van der Waals surface area contributed by atoms with Gasteiger partial charge in [0.25, 0.3) is 0 Å². The molecule has 0 atom stereocenters. The summed E-state index contributed by atoms with van der Waals surface area (Å²) in [5.41, 5.74) is -1.01. The summed E-state index contributed by atoms with van der Waals surface area (Å²) in [4.78, 5) is 24.9. The van der Waals surface area contributed by atoms with Crippen LogP contribution in [0.25, 0.3) is 16.9 Å². The van der Waals surface area contributed by atoms with Gasteiger partial charge in [-0.05, 0) is 30.7 Å². The van der Waals surface area contributed by atoms with Crippen LogP contribution in [0.3, 0.4) is 0 Å². The molecule has 28 heavy (non-hydrogen) atoms. The Morgan fingerprint density at radius 2 is 1.61 bits per heavy atom. The number of carbonyl (C=O) groups excluding carboxylic acids is 2. The second-order valence-electron chi connectivity index (χ2n) is 5.86. The topological polar surface area (TPSA) is 70.4 Å². The lowest BCUT2D eigenvalue weighted by Crippen LogP contribution is -2.15. The predicted octanol–water partition coefficient (Wildman–Crippen LogP) is 3.70. The minimum atomic E-state index is -0.974. The van der Waals surface area contributed by atoms with E-state index in [1.54, 1.807) is 30.3 Å². The number of halogens is 2. The van der Waals surface area contributed by atoms with Crippen LogP contribution in [0.4, 0.5) is 8.78 Å². The SMILES string of the molecule is COC(=O)c1c(-c2c(F)ccc(C)c2F)nn(-c2ccccc2)c1C(=O)OC. The predicted molar refractivity (Wildman–Crippen MR) is 96.3 cm³/mol. The van der Waals surface area contributed by atoms with Crippen LogP contribution >= 0.6 is 0 Å². The third kappa shape index (κ3) is 3.13. The van der Waals surface area contributed by atoms with Crippen molar-refractivity contribution in [1.29, 1.82) is 0 Å². The average molecular weight is 386 g/mol. The van der Waals surface area contributed by atoms with Crippen LogP contribution in [-0.2, 0) is 9.47 Å². The van der Waals surface area contributed by atoms with Gasteiger partial charge in [-0.1, -0.05) is 24.3 Å². The lowest BCUT2D eigenvalue weighted by Gasteiger charge is -2.07. The fraction of sp³-hybridized carbons (Fsp3) is 0.150. The smallest absolute Gasteiger partial charge is 0.357 e. The number of methoxy groups -OCH3 is 2. The lowest BCUT2D eigenvalue weighted by molar-refractivity contribution is 0.0549. The van der Waals surface area contributed by atoms with Crippen molar-refractivity contribution < 1.29 is 27.8 Å². The van der Waals surface area contributed by atoms with E-state index >= 15 is 0 Å². The number of aromatic nitrogens is 2. The molecule has 3 rings (SSSR count). The Hall–Kier alpha value is -3.55. The number of benzene rings is 2. The molecule has 0 N–H and O–H groups in total. The van der Waals surface area contributed by atoms with Crippen LogP contribution in [0.2, 0.25) is 0 Å². The third-order valence-electron chi connectivity index (χ3n) is 4.18. The molecule has 2 aromatic carbocycles. The molecule has 3 aromatic rings. The van der Waals surface area contributed by atoms with Crippen LogP contribution in [0.1, 0.15) is 26.4 Å². The summed E-state index contributed by atoms with van der Waals surface area (Å²) < 4.78 is 39.9. The molecule has 0 bridgehead atoms. The quantitative estimate of drug-likeness (QED) is 0.640. The zero-order valence-electron chi connectivity index (χ0n) is 15.3. The zero-order chi connectivity index (χ0) is 20.4. The molecule has 0 unspecified atom stereocenters. The van der Waals surface area contributed by atoms with Crippen LogP contribution in [0.15, 0.2) is 42.5 Å². The van der Waals surface area contributed by atoms with Crippen LogP contribution in [0, 0.1) is 18.6 Å². The number of para-hydroxylation sites is 1. The highest BCUT2D eigenvalue weighted by atomic mass is 19.1. The maximum absolute atomic E-state index is 14.8. The monoisotopic (exact) mass is 386 g/mol. The molecule has 0 aliphatic rings. The fourth-order valence-electron chi connectivity index (χ4n) is 2.80. The Morgan fingerprint density at radius 3 is 2.21 bits per heavy atom. The maximum Gasteiger partial charge on any atom is 0.357 e. The molecule has 144 valence electrons. The molecule has 0 saturated carbocycles. The highest BCUT2D eigenvalue weighted by molar-refractivity contribution is 6.06. The van der Waals surface area contributed by atoms with E-state index in [0.717, 1.165) is 25.0 Å². The van der Waals surface area contributed by atoms with Crippen molar-refractivity contribution in [2.45, 2.75) is 6.92 Å². The molecule has 0 fully saturated rings. The third-order valence-corrected chi connectivity index (χ3v) is 4.18. The van der Waals surface area contributed by atoms with Crippen LogP contribution < -0.4 is 0 Å². The molecule has 1 aromatic heterocycles. The first-order valence-electron chi connectivity index (χ1n) is 8.20. The van der Waals surface area contributed by atoms with Crippen molar-refractivity contribution in [2.24, 2.45) is 0 Å². The van der Waals surface area contributed by atoms with E-state index in [9.17, 15) is 18.4 Å². The number of ether oxygens (including phenoxy) is 2. The molecule has 1 heterocycles.